The molecule has 0 saturated heterocycles. The number of rotatable bonds is 14. The zero-order valence-corrected chi connectivity index (χ0v) is 23.1. The molecule has 0 aliphatic rings. The molecule has 1 unspecified atom stereocenters. The number of unbranched alkanes of at least 4 members (excludes halogenated alkanes) is 2. The predicted molar refractivity (Wildman–Crippen MR) is 154 cm³/mol. The summed E-state index contributed by atoms with van der Waals surface area (Å²) in [5.74, 6) is 0. The number of aryl methyl sites for hydroxylation is 1. The first-order chi connectivity index (χ1) is 18.4. The van der Waals surface area contributed by atoms with E-state index in [-0.39, 0.29) is 4.90 Å². The summed E-state index contributed by atoms with van der Waals surface area (Å²) in [6.07, 6.45) is 8.00. The Kier molecular flexibility index (Phi) is 10.0. The quantitative estimate of drug-likeness (QED) is 0.177. The topological polar surface area (TPSA) is 104 Å². The number of aromatic nitrogens is 2. The molecule has 1 atom stereocenters. The van der Waals surface area contributed by atoms with Crippen LogP contribution < -0.4 is 10.0 Å². The summed E-state index contributed by atoms with van der Waals surface area (Å²) < 4.78 is 28.5. The molecular weight excluding hydrogens is 516 g/mol. The number of nitrogens with one attached hydrogen (secondary N) is 2. The zero-order chi connectivity index (χ0) is 26.8. The molecular formula is C29H34N4O3S2. The van der Waals surface area contributed by atoms with Gasteiger partial charge in [0.1, 0.15) is 0 Å². The normalized spacial score (nSPS) is 12.4. The summed E-state index contributed by atoms with van der Waals surface area (Å²) in [6, 6.07) is 17.8. The Morgan fingerprint density at radius 2 is 1.79 bits per heavy atom. The largest absolute Gasteiger partial charge is 0.387 e. The van der Waals surface area contributed by atoms with E-state index >= 15 is 0 Å². The monoisotopic (exact) mass is 550 g/mol. The Hall–Kier alpha value is -3.11. The van der Waals surface area contributed by atoms with Gasteiger partial charge in [-0.25, -0.2) is 13.4 Å². The van der Waals surface area contributed by atoms with Crippen LogP contribution in [0.2, 0.25) is 0 Å². The highest BCUT2D eigenvalue weighted by atomic mass is 32.2. The van der Waals surface area contributed by atoms with Gasteiger partial charge in [0.25, 0.3) is 10.0 Å². The summed E-state index contributed by atoms with van der Waals surface area (Å²) >= 11 is 1.65. The van der Waals surface area contributed by atoms with E-state index in [0.717, 1.165) is 46.7 Å². The van der Waals surface area contributed by atoms with Crippen LogP contribution in [0.1, 0.15) is 48.4 Å². The Labute approximate surface area is 229 Å². The van der Waals surface area contributed by atoms with Crippen molar-refractivity contribution in [2.45, 2.75) is 50.0 Å². The van der Waals surface area contributed by atoms with Gasteiger partial charge in [-0.2, -0.15) is 0 Å². The number of anilines is 1. The molecule has 9 heteroatoms. The van der Waals surface area contributed by atoms with E-state index in [1.54, 1.807) is 66.2 Å². The summed E-state index contributed by atoms with van der Waals surface area (Å²) in [5.41, 5.74) is 4.15. The molecule has 0 spiro atoms. The summed E-state index contributed by atoms with van der Waals surface area (Å²) in [4.78, 5) is 8.93. The van der Waals surface area contributed by atoms with Crippen molar-refractivity contribution in [1.29, 1.82) is 0 Å². The second-order valence-corrected chi connectivity index (χ2v) is 11.8. The standard InChI is InChI=1S/C29H34N4O3S2/c1-2-3-4-7-29-32-27(21-37-29)23-10-14-26(15-11-23)38(35,36)33-25-12-8-22(9-13-25)16-18-31-20-28(34)24-6-5-17-30-19-24/h5-6,8-15,17,19,21,28,31,33-34H,2-4,7,16,18,20H2,1H3. The van der Waals surface area contributed by atoms with E-state index in [0.29, 0.717) is 18.8 Å². The first kappa shape index (κ1) is 27.9. The lowest BCUT2D eigenvalue weighted by Gasteiger charge is -2.12. The second-order valence-electron chi connectivity index (χ2n) is 9.17. The number of hydrogen-bond donors (Lipinski definition) is 3. The molecule has 0 aliphatic carbocycles. The first-order valence-electron chi connectivity index (χ1n) is 12.9. The number of aliphatic hydroxyl groups excluding tert-OH is 1. The van der Waals surface area contributed by atoms with Crippen LogP contribution in [0.4, 0.5) is 5.69 Å². The molecule has 200 valence electrons. The van der Waals surface area contributed by atoms with Gasteiger partial charge in [-0.15, -0.1) is 11.3 Å². The SMILES string of the molecule is CCCCCc1nc(-c2ccc(S(=O)(=O)Nc3ccc(CCNCC(O)c4cccnc4)cc3)cc2)cs1. The molecule has 0 aliphatic heterocycles. The van der Waals surface area contributed by atoms with Crippen molar-refractivity contribution in [2.75, 3.05) is 17.8 Å². The fourth-order valence-electron chi connectivity index (χ4n) is 4.01. The van der Waals surface area contributed by atoms with Gasteiger partial charge < -0.3 is 10.4 Å². The van der Waals surface area contributed by atoms with Crippen molar-refractivity contribution in [1.82, 2.24) is 15.3 Å². The van der Waals surface area contributed by atoms with Gasteiger partial charge in [-0.1, -0.05) is 50.1 Å². The summed E-state index contributed by atoms with van der Waals surface area (Å²) in [5, 5.41) is 16.6. The van der Waals surface area contributed by atoms with Crippen molar-refractivity contribution in [3.63, 3.8) is 0 Å². The van der Waals surface area contributed by atoms with Crippen LogP contribution in [0.3, 0.4) is 0 Å². The average Bonchev–Trinajstić information content (AvgIpc) is 3.41. The van der Waals surface area contributed by atoms with Gasteiger partial charge in [0.05, 0.1) is 21.7 Å². The van der Waals surface area contributed by atoms with Crippen LogP contribution >= 0.6 is 11.3 Å². The number of thiazole rings is 1. The minimum absolute atomic E-state index is 0.208. The lowest BCUT2D eigenvalue weighted by atomic mass is 10.1. The second kappa shape index (κ2) is 13.6. The molecule has 0 radical (unpaired) electrons. The van der Waals surface area contributed by atoms with Crippen LogP contribution in [0.25, 0.3) is 11.3 Å². The molecule has 4 aromatic rings. The lowest BCUT2D eigenvalue weighted by Crippen LogP contribution is -2.23. The number of sulfonamides is 1. The minimum atomic E-state index is -3.70. The highest BCUT2D eigenvalue weighted by Crippen LogP contribution is 2.25. The molecule has 3 N–H and O–H groups in total. The van der Waals surface area contributed by atoms with Gasteiger partial charge >= 0.3 is 0 Å². The molecule has 0 bridgehead atoms. The Bertz CT molecular complexity index is 1370. The molecule has 4 rings (SSSR count). The van der Waals surface area contributed by atoms with Gasteiger partial charge in [0.15, 0.2) is 0 Å². The van der Waals surface area contributed by atoms with E-state index < -0.39 is 16.1 Å². The van der Waals surface area contributed by atoms with Crippen molar-refractivity contribution in [3.8, 4) is 11.3 Å². The Balaban J connectivity index is 1.27. The van der Waals surface area contributed by atoms with Crippen LogP contribution in [0.15, 0.2) is 83.3 Å². The molecule has 2 aromatic heterocycles. The van der Waals surface area contributed by atoms with Crippen LogP contribution in [-0.4, -0.2) is 36.6 Å². The van der Waals surface area contributed by atoms with Crippen LogP contribution in [-0.2, 0) is 22.9 Å². The van der Waals surface area contributed by atoms with E-state index in [1.807, 2.05) is 23.6 Å². The van der Waals surface area contributed by atoms with Gasteiger partial charge in [-0.05, 0) is 61.7 Å². The molecule has 0 amide bonds. The van der Waals surface area contributed by atoms with Gasteiger partial charge in [0.2, 0.25) is 0 Å². The fraction of sp³-hybridized carbons (Fsp3) is 0.310. The third kappa shape index (κ3) is 7.94. The molecule has 2 heterocycles. The van der Waals surface area contributed by atoms with Crippen molar-refractivity contribution < 1.29 is 13.5 Å². The fourth-order valence-corrected chi connectivity index (χ4v) is 5.91. The highest BCUT2D eigenvalue weighted by Gasteiger charge is 2.15. The molecule has 2 aromatic carbocycles. The number of hydrogen-bond acceptors (Lipinski definition) is 7. The molecule has 38 heavy (non-hydrogen) atoms. The number of aliphatic hydroxyl groups is 1. The van der Waals surface area contributed by atoms with Crippen LogP contribution in [0.5, 0.6) is 0 Å². The average molecular weight is 551 g/mol. The molecule has 0 saturated carbocycles. The summed E-state index contributed by atoms with van der Waals surface area (Å²) in [7, 11) is -3.70. The zero-order valence-electron chi connectivity index (χ0n) is 21.5. The smallest absolute Gasteiger partial charge is 0.261 e. The van der Waals surface area contributed by atoms with Crippen LogP contribution in [0, 0.1) is 0 Å². The number of pyridine rings is 1. The van der Waals surface area contributed by atoms with Gasteiger partial charge in [0, 0.05) is 41.1 Å². The summed E-state index contributed by atoms with van der Waals surface area (Å²) in [6.45, 7) is 3.31. The maximum Gasteiger partial charge on any atom is 0.261 e. The Morgan fingerprint density at radius 3 is 2.50 bits per heavy atom. The van der Waals surface area contributed by atoms with E-state index in [1.165, 1.54) is 12.8 Å². The van der Waals surface area contributed by atoms with Gasteiger partial charge in [-0.3, -0.25) is 9.71 Å². The number of benzene rings is 2. The first-order valence-corrected chi connectivity index (χ1v) is 15.3. The molecule has 0 fully saturated rings. The van der Waals surface area contributed by atoms with E-state index in [9.17, 15) is 13.5 Å². The third-order valence-corrected chi connectivity index (χ3v) is 8.52. The Morgan fingerprint density at radius 1 is 1.00 bits per heavy atom. The minimum Gasteiger partial charge on any atom is -0.387 e. The number of nitrogens with zero attached hydrogens (tertiary/aromatic N) is 2. The van der Waals surface area contributed by atoms with Crippen molar-refractivity contribution in [2.24, 2.45) is 0 Å². The molecule has 7 nitrogen and oxygen atoms in total. The predicted octanol–water partition coefficient (Wildman–Crippen LogP) is 5.60. The van der Waals surface area contributed by atoms with E-state index in [2.05, 4.69) is 21.9 Å². The maximum absolute atomic E-state index is 12.9. The third-order valence-electron chi connectivity index (χ3n) is 6.21. The van der Waals surface area contributed by atoms with E-state index in [4.69, 9.17) is 4.98 Å². The van der Waals surface area contributed by atoms with Crippen molar-refractivity contribution >= 4 is 27.0 Å². The van der Waals surface area contributed by atoms with Crippen molar-refractivity contribution in [3.05, 3.63) is 94.6 Å². The highest BCUT2D eigenvalue weighted by molar-refractivity contribution is 7.92. The lowest BCUT2D eigenvalue weighted by molar-refractivity contribution is 0.174. The maximum atomic E-state index is 12.9.